The Kier molecular flexibility index (Phi) is 1.18. The van der Waals surface area contributed by atoms with Crippen molar-refractivity contribution in [1.82, 2.24) is 4.90 Å². The average Bonchev–Trinajstić information content (AvgIpc) is 1.77. The van der Waals surface area contributed by atoms with Gasteiger partial charge in [0.05, 0.1) is 12.4 Å². The van der Waals surface area contributed by atoms with Crippen LogP contribution in [-0.2, 0) is 0 Å². The molecule has 0 saturated carbocycles. The fourth-order valence-corrected chi connectivity index (χ4v) is 0.444. The summed E-state index contributed by atoms with van der Waals surface area (Å²) < 4.78 is 0. The number of aliphatic imine (C=N–C) groups is 1. The highest BCUT2D eigenvalue weighted by Gasteiger charge is 1.93. The van der Waals surface area contributed by atoms with Crippen LogP contribution < -0.4 is 0 Å². The van der Waals surface area contributed by atoms with Crippen LogP contribution in [0, 0.1) is 0 Å². The Bertz CT molecular complexity index is 173. The van der Waals surface area contributed by atoms with Gasteiger partial charge in [0.25, 0.3) is 0 Å². The van der Waals surface area contributed by atoms with Gasteiger partial charge in [-0.3, -0.25) is 0 Å². The van der Waals surface area contributed by atoms with Gasteiger partial charge in [-0.15, -0.1) is 0 Å². The van der Waals surface area contributed by atoms with Crippen LogP contribution in [0.2, 0.25) is 0 Å². The summed E-state index contributed by atoms with van der Waals surface area (Å²) >= 11 is 0. The Morgan fingerprint density at radius 3 is 2.88 bits per heavy atom. The molecule has 0 atom stereocenters. The molecule has 8 heavy (non-hydrogen) atoms. The molecule has 0 aromatic rings. The van der Waals surface area contributed by atoms with E-state index in [1.165, 1.54) is 0 Å². The predicted octanol–water partition coefficient (Wildman–Crippen LogP) is 0.977. The standard InChI is InChI=1S/C6H8N2/c1-6-5-7-3-4-8(6)2/h4-5H,1-2H3. The molecule has 1 aliphatic heterocycles. The minimum Gasteiger partial charge on any atom is -0.345 e. The van der Waals surface area contributed by atoms with Crippen LogP contribution in [0.4, 0.5) is 0 Å². The molecule has 1 rings (SSSR count). The topological polar surface area (TPSA) is 15.6 Å². The van der Waals surface area contributed by atoms with Crippen LogP contribution in [0.5, 0.6) is 0 Å². The maximum atomic E-state index is 3.80. The van der Waals surface area contributed by atoms with Gasteiger partial charge in [0.15, 0.2) is 0 Å². The fraction of sp³-hybridized carbons (Fsp3) is 0.333. The van der Waals surface area contributed by atoms with Gasteiger partial charge in [0.2, 0.25) is 0 Å². The summed E-state index contributed by atoms with van der Waals surface area (Å²) in [5.74, 6) is 2.71. The van der Waals surface area contributed by atoms with Crippen LogP contribution >= 0.6 is 0 Å². The molecule has 0 aromatic carbocycles. The summed E-state index contributed by atoms with van der Waals surface area (Å²) in [6.45, 7) is 2.00. The number of allylic oxidation sites excluding steroid dienone is 1. The van der Waals surface area contributed by atoms with E-state index in [0.717, 1.165) is 5.70 Å². The second-order valence-electron chi connectivity index (χ2n) is 1.77. The van der Waals surface area contributed by atoms with Crippen molar-refractivity contribution in [3.63, 3.8) is 0 Å². The first kappa shape index (κ1) is 5.13. The van der Waals surface area contributed by atoms with Crippen molar-refractivity contribution in [1.29, 1.82) is 0 Å². The smallest absolute Gasteiger partial charge is 0.0662 e. The highest BCUT2D eigenvalue weighted by molar-refractivity contribution is 5.54. The Morgan fingerprint density at radius 1 is 1.75 bits per heavy atom. The first-order valence-corrected chi connectivity index (χ1v) is 2.49. The van der Waals surface area contributed by atoms with E-state index in [0.29, 0.717) is 0 Å². The quantitative estimate of drug-likeness (QED) is 0.451. The van der Waals surface area contributed by atoms with Gasteiger partial charge < -0.3 is 4.90 Å². The molecule has 0 radical (unpaired) electrons. The largest absolute Gasteiger partial charge is 0.345 e. The van der Waals surface area contributed by atoms with E-state index in [2.05, 4.69) is 10.9 Å². The molecule has 0 bridgehead atoms. The molecule has 0 N–H and O–H groups in total. The summed E-state index contributed by atoms with van der Waals surface area (Å²) in [7, 11) is 1.97. The number of hydrogen-bond acceptors (Lipinski definition) is 2. The van der Waals surface area contributed by atoms with Crippen LogP contribution in [0.15, 0.2) is 23.1 Å². The van der Waals surface area contributed by atoms with Crippen molar-refractivity contribution in [3.05, 3.63) is 18.1 Å². The molecule has 2 heteroatoms. The van der Waals surface area contributed by atoms with E-state index in [4.69, 9.17) is 0 Å². The Labute approximate surface area is 48.8 Å². The van der Waals surface area contributed by atoms with Gasteiger partial charge in [-0.2, -0.15) is 0 Å². The van der Waals surface area contributed by atoms with Crippen molar-refractivity contribution in [2.45, 2.75) is 6.92 Å². The number of rotatable bonds is 0. The van der Waals surface area contributed by atoms with E-state index in [9.17, 15) is 0 Å². The van der Waals surface area contributed by atoms with Gasteiger partial charge in [0, 0.05) is 18.6 Å². The third-order valence-electron chi connectivity index (χ3n) is 1.13. The highest BCUT2D eigenvalue weighted by Crippen LogP contribution is 2.01. The molecule has 0 amide bonds. The molecule has 0 spiro atoms. The third-order valence-corrected chi connectivity index (χ3v) is 1.13. The molecule has 0 aliphatic carbocycles. The Balaban J connectivity index is 2.86. The molecule has 42 valence electrons. The van der Waals surface area contributed by atoms with E-state index in [-0.39, 0.29) is 0 Å². The zero-order valence-electron chi connectivity index (χ0n) is 5.05. The lowest BCUT2D eigenvalue weighted by atomic mass is 10.4. The maximum Gasteiger partial charge on any atom is 0.0662 e. The van der Waals surface area contributed by atoms with E-state index < -0.39 is 0 Å². The summed E-state index contributed by atoms with van der Waals surface area (Å²) in [5, 5.41) is 0. The van der Waals surface area contributed by atoms with Gasteiger partial charge >= 0.3 is 0 Å². The fourth-order valence-electron chi connectivity index (χ4n) is 0.444. The van der Waals surface area contributed by atoms with Gasteiger partial charge in [-0.1, -0.05) is 0 Å². The SMILES string of the molecule is CC1=CN=C=CN1C. The van der Waals surface area contributed by atoms with Crippen LogP contribution in [0.3, 0.4) is 0 Å². The zero-order valence-corrected chi connectivity index (χ0v) is 5.05. The lowest BCUT2D eigenvalue weighted by Gasteiger charge is -2.12. The van der Waals surface area contributed by atoms with Crippen LogP contribution in [-0.4, -0.2) is 17.8 Å². The molecule has 0 fully saturated rings. The summed E-state index contributed by atoms with van der Waals surface area (Å²) in [6.07, 6.45) is 3.58. The van der Waals surface area contributed by atoms with Gasteiger partial charge in [-0.25, -0.2) is 4.99 Å². The summed E-state index contributed by atoms with van der Waals surface area (Å²) in [5.41, 5.74) is 1.14. The van der Waals surface area contributed by atoms with Crippen molar-refractivity contribution in [3.8, 4) is 0 Å². The third kappa shape index (κ3) is 0.796. The summed E-state index contributed by atoms with van der Waals surface area (Å²) in [6, 6.07) is 0. The van der Waals surface area contributed by atoms with E-state index in [1.54, 1.807) is 12.4 Å². The monoisotopic (exact) mass is 108 g/mol. The van der Waals surface area contributed by atoms with Crippen molar-refractivity contribution < 1.29 is 0 Å². The number of hydrogen-bond donors (Lipinski definition) is 0. The van der Waals surface area contributed by atoms with Crippen molar-refractivity contribution in [2.75, 3.05) is 7.05 Å². The molecule has 0 saturated heterocycles. The summed E-state index contributed by atoms with van der Waals surface area (Å²) in [4.78, 5) is 5.76. The second-order valence-corrected chi connectivity index (χ2v) is 1.77. The van der Waals surface area contributed by atoms with Gasteiger partial charge in [-0.05, 0) is 6.92 Å². The molecule has 1 heterocycles. The van der Waals surface area contributed by atoms with Crippen LogP contribution in [0.1, 0.15) is 6.92 Å². The minimum atomic E-state index is 1.14. The first-order valence-electron chi connectivity index (χ1n) is 2.49. The molecule has 2 nitrogen and oxygen atoms in total. The van der Waals surface area contributed by atoms with Crippen LogP contribution in [0.25, 0.3) is 0 Å². The van der Waals surface area contributed by atoms with Crippen molar-refractivity contribution in [2.24, 2.45) is 4.99 Å². The Morgan fingerprint density at radius 2 is 2.50 bits per heavy atom. The molecule has 1 aliphatic rings. The Hall–Kier alpha value is -1.01. The van der Waals surface area contributed by atoms with Gasteiger partial charge in [0.1, 0.15) is 0 Å². The second kappa shape index (κ2) is 1.85. The first-order chi connectivity index (χ1) is 3.80. The lowest BCUT2D eigenvalue weighted by Crippen LogP contribution is -2.08. The minimum absolute atomic E-state index is 1.14. The lowest BCUT2D eigenvalue weighted by molar-refractivity contribution is 0.570. The zero-order chi connectivity index (χ0) is 5.98. The predicted molar refractivity (Wildman–Crippen MR) is 33.5 cm³/mol. The average molecular weight is 108 g/mol. The highest BCUT2D eigenvalue weighted by atomic mass is 15.1. The number of nitrogens with zero attached hydrogens (tertiary/aromatic N) is 2. The molecular weight excluding hydrogens is 100 g/mol. The molecule has 0 unspecified atom stereocenters. The normalized spacial score (nSPS) is 16.8. The van der Waals surface area contributed by atoms with E-state index >= 15 is 0 Å². The van der Waals surface area contributed by atoms with E-state index in [1.807, 2.05) is 18.9 Å². The van der Waals surface area contributed by atoms with Crippen molar-refractivity contribution >= 4 is 5.87 Å². The molecule has 0 aromatic heterocycles. The maximum absolute atomic E-state index is 3.80. The molecular formula is C6H8N2.